The predicted molar refractivity (Wildman–Crippen MR) is 104 cm³/mol. The molecule has 0 aliphatic carbocycles. The van der Waals surface area contributed by atoms with Gasteiger partial charge in [0.1, 0.15) is 13.2 Å². The molecule has 15 heteroatoms. The average molecular weight is 530 g/mol. The van der Waals surface area contributed by atoms with Gasteiger partial charge in [-0.05, 0) is 47.5 Å². The lowest BCUT2D eigenvalue weighted by Gasteiger charge is -2.19. The lowest BCUT2D eigenvalue weighted by atomic mass is 10.1. The number of hydrogen-bond acceptors (Lipinski definition) is 4. The number of alkyl carbamates (subject to hydrolysis) is 1. The standard InChI is InChI=1S/C21H15F9N2O4/c22-19(23,24)13-1-2-16(32-3-4-35-18(32)34)12(7-13)9-31-17(33)36-10-11-5-14(20(25,26)27)8-15(6-11)21(28,29)30/h1-2,5-8H,3-4,9-10H2,(H,31,33). The number of alkyl halides is 9. The van der Waals surface area contributed by atoms with Gasteiger partial charge < -0.3 is 14.8 Å². The number of nitrogens with one attached hydrogen (secondary N) is 1. The Morgan fingerprint density at radius 2 is 1.47 bits per heavy atom. The van der Waals surface area contributed by atoms with E-state index in [1.807, 2.05) is 0 Å². The van der Waals surface area contributed by atoms with Gasteiger partial charge in [0.05, 0.1) is 28.9 Å². The number of anilines is 1. The summed E-state index contributed by atoms with van der Waals surface area (Å²) < 4.78 is 126. The maximum atomic E-state index is 13.1. The number of halogens is 9. The molecule has 2 aromatic rings. The van der Waals surface area contributed by atoms with E-state index in [0.717, 1.165) is 11.0 Å². The fourth-order valence-corrected chi connectivity index (χ4v) is 3.25. The highest BCUT2D eigenvalue weighted by atomic mass is 19.4. The fourth-order valence-electron chi connectivity index (χ4n) is 3.25. The number of carbonyl (C=O) groups excluding carboxylic acids is 2. The molecule has 0 radical (unpaired) electrons. The lowest BCUT2D eigenvalue weighted by molar-refractivity contribution is -0.143. The van der Waals surface area contributed by atoms with Crippen molar-refractivity contribution in [3.63, 3.8) is 0 Å². The van der Waals surface area contributed by atoms with Crippen LogP contribution in [0, 0.1) is 0 Å². The van der Waals surface area contributed by atoms with Crippen LogP contribution < -0.4 is 10.2 Å². The Morgan fingerprint density at radius 3 is 1.97 bits per heavy atom. The number of nitrogens with zero attached hydrogens (tertiary/aromatic N) is 1. The molecule has 0 saturated carbocycles. The minimum atomic E-state index is -5.10. The van der Waals surface area contributed by atoms with Crippen molar-refractivity contribution in [1.82, 2.24) is 5.32 Å². The molecular weight excluding hydrogens is 515 g/mol. The maximum Gasteiger partial charge on any atom is 0.416 e. The molecule has 2 aromatic carbocycles. The van der Waals surface area contributed by atoms with Crippen LogP contribution >= 0.6 is 0 Å². The first kappa shape index (κ1) is 26.9. The summed E-state index contributed by atoms with van der Waals surface area (Å²) in [5.41, 5.74) is -5.10. The molecule has 1 heterocycles. The van der Waals surface area contributed by atoms with E-state index in [2.05, 4.69) is 10.1 Å². The molecule has 1 N–H and O–H groups in total. The fraction of sp³-hybridized carbons (Fsp3) is 0.333. The Balaban J connectivity index is 1.75. The van der Waals surface area contributed by atoms with Gasteiger partial charge in [0, 0.05) is 6.54 Å². The normalized spacial score (nSPS) is 14.6. The minimum absolute atomic E-state index is 0.00139. The van der Waals surface area contributed by atoms with Crippen LogP contribution in [-0.2, 0) is 41.2 Å². The van der Waals surface area contributed by atoms with Crippen LogP contribution in [0.5, 0.6) is 0 Å². The average Bonchev–Trinajstić information content (AvgIpc) is 3.19. The van der Waals surface area contributed by atoms with Crippen LogP contribution in [0.3, 0.4) is 0 Å². The minimum Gasteiger partial charge on any atom is -0.447 e. The summed E-state index contributed by atoms with van der Waals surface area (Å²) in [5, 5.41) is 2.06. The molecule has 1 fully saturated rings. The summed E-state index contributed by atoms with van der Waals surface area (Å²) in [5.74, 6) is 0. The highest BCUT2D eigenvalue weighted by Gasteiger charge is 2.37. The third-order valence-electron chi connectivity index (χ3n) is 4.90. The quantitative estimate of drug-likeness (QED) is 0.473. The van der Waals surface area contributed by atoms with E-state index in [1.54, 1.807) is 0 Å². The Morgan fingerprint density at radius 1 is 0.889 bits per heavy atom. The first-order chi connectivity index (χ1) is 16.6. The van der Waals surface area contributed by atoms with Crippen molar-refractivity contribution < 1.29 is 58.6 Å². The van der Waals surface area contributed by atoms with Gasteiger partial charge >= 0.3 is 30.7 Å². The third kappa shape index (κ3) is 6.51. The molecule has 0 spiro atoms. The number of benzene rings is 2. The van der Waals surface area contributed by atoms with Crippen molar-refractivity contribution >= 4 is 17.9 Å². The van der Waals surface area contributed by atoms with Crippen molar-refractivity contribution in [2.45, 2.75) is 31.7 Å². The van der Waals surface area contributed by atoms with Crippen LogP contribution in [0.25, 0.3) is 0 Å². The van der Waals surface area contributed by atoms with E-state index >= 15 is 0 Å². The molecule has 1 saturated heterocycles. The van der Waals surface area contributed by atoms with Gasteiger partial charge in [-0.3, -0.25) is 4.90 Å². The Labute approximate surface area is 196 Å². The second-order valence-corrected chi connectivity index (χ2v) is 7.45. The molecule has 0 bridgehead atoms. The van der Waals surface area contributed by atoms with Gasteiger partial charge in [0.25, 0.3) is 0 Å². The van der Waals surface area contributed by atoms with Crippen molar-refractivity contribution in [3.8, 4) is 0 Å². The van der Waals surface area contributed by atoms with E-state index in [-0.39, 0.29) is 30.5 Å². The Hall–Kier alpha value is -3.65. The highest BCUT2D eigenvalue weighted by molar-refractivity contribution is 5.90. The van der Waals surface area contributed by atoms with Crippen LogP contribution in [0.2, 0.25) is 0 Å². The molecule has 1 aliphatic rings. The second-order valence-electron chi connectivity index (χ2n) is 7.45. The van der Waals surface area contributed by atoms with Crippen molar-refractivity contribution in [1.29, 1.82) is 0 Å². The molecular formula is C21H15F9N2O4. The van der Waals surface area contributed by atoms with E-state index in [4.69, 9.17) is 4.74 Å². The summed E-state index contributed by atoms with van der Waals surface area (Å²) in [7, 11) is 0. The molecule has 0 aromatic heterocycles. The zero-order chi connectivity index (χ0) is 26.9. The van der Waals surface area contributed by atoms with Crippen molar-refractivity contribution in [2.24, 2.45) is 0 Å². The predicted octanol–water partition coefficient (Wildman–Crippen LogP) is 6.13. The summed E-state index contributed by atoms with van der Waals surface area (Å²) in [6.45, 7) is -1.60. The van der Waals surface area contributed by atoms with Gasteiger partial charge in [-0.1, -0.05) is 0 Å². The molecule has 0 atom stereocenters. The van der Waals surface area contributed by atoms with E-state index in [9.17, 15) is 49.1 Å². The number of rotatable bonds is 5. The van der Waals surface area contributed by atoms with Crippen LogP contribution in [-0.4, -0.2) is 25.3 Å². The van der Waals surface area contributed by atoms with Crippen LogP contribution in [0.1, 0.15) is 27.8 Å². The number of cyclic esters (lactones) is 1. The third-order valence-corrected chi connectivity index (χ3v) is 4.90. The zero-order valence-electron chi connectivity index (χ0n) is 17.8. The van der Waals surface area contributed by atoms with Crippen LogP contribution in [0.15, 0.2) is 36.4 Å². The first-order valence-corrected chi connectivity index (χ1v) is 9.89. The summed E-state index contributed by atoms with van der Waals surface area (Å²) in [4.78, 5) is 24.9. The van der Waals surface area contributed by atoms with Gasteiger partial charge in [-0.2, -0.15) is 39.5 Å². The summed E-state index contributed by atoms with van der Waals surface area (Å²) in [6, 6.07) is 3.03. The smallest absolute Gasteiger partial charge is 0.416 e. The van der Waals surface area contributed by atoms with Gasteiger partial charge in [-0.25, -0.2) is 9.59 Å². The highest BCUT2D eigenvalue weighted by Crippen LogP contribution is 2.37. The first-order valence-electron chi connectivity index (χ1n) is 9.89. The topological polar surface area (TPSA) is 67.9 Å². The number of hydrogen-bond donors (Lipinski definition) is 1. The molecule has 1 aliphatic heterocycles. The second kappa shape index (κ2) is 9.78. The zero-order valence-corrected chi connectivity index (χ0v) is 17.8. The number of ether oxygens (including phenoxy) is 2. The molecule has 6 nitrogen and oxygen atoms in total. The molecule has 3 rings (SSSR count). The Kier molecular flexibility index (Phi) is 7.32. The summed E-state index contributed by atoms with van der Waals surface area (Å²) >= 11 is 0. The molecule has 196 valence electrons. The SMILES string of the molecule is O=C(NCc1cc(C(F)(F)F)ccc1N1CCOC1=O)OCc1cc(C(F)(F)F)cc(C(F)(F)F)c1. The van der Waals surface area contributed by atoms with E-state index in [1.165, 1.54) is 0 Å². The monoisotopic (exact) mass is 530 g/mol. The summed E-state index contributed by atoms with van der Waals surface area (Å²) in [6.07, 6.45) is -17.1. The maximum absolute atomic E-state index is 13.1. The largest absolute Gasteiger partial charge is 0.447 e. The van der Waals surface area contributed by atoms with Crippen molar-refractivity contribution in [3.05, 3.63) is 64.2 Å². The van der Waals surface area contributed by atoms with Gasteiger partial charge in [-0.15, -0.1) is 0 Å². The van der Waals surface area contributed by atoms with Gasteiger partial charge in [0.15, 0.2) is 0 Å². The van der Waals surface area contributed by atoms with Crippen molar-refractivity contribution in [2.75, 3.05) is 18.1 Å². The number of amides is 2. The van der Waals surface area contributed by atoms with E-state index < -0.39 is 66.1 Å². The molecule has 36 heavy (non-hydrogen) atoms. The molecule has 2 amide bonds. The lowest BCUT2D eigenvalue weighted by Crippen LogP contribution is -2.28. The molecule has 0 unspecified atom stereocenters. The van der Waals surface area contributed by atoms with E-state index in [0.29, 0.717) is 24.3 Å². The van der Waals surface area contributed by atoms with Gasteiger partial charge in [0.2, 0.25) is 0 Å². The number of carbonyl (C=O) groups is 2. The Bertz CT molecular complexity index is 1110. The van der Waals surface area contributed by atoms with Crippen LogP contribution in [0.4, 0.5) is 54.8 Å².